The average molecular weight is 693 g/mol. The van der Waals surface area contributed by atoms with Crippen molar-refractivity contribution >= 4 is 11.8 Å². The van der Waals surface area contributed by atoms with Gasteiger partial charge in [-0.25, -0.2) is 0 Å². The fourth-order valence-corrected chi connectivity index (χ4v) is 8.99. The second-order valence-corrected chi connectivity index (χ2v) is 15.1. The predicted molar refractivity (Wildman–Crippen MR) is 223 cm³/mol. The molecule has 1 heterocycles. The van der Waals surface area contributed by atoms with Crippen LogP contribution in [0.1, 0.15) is 75.5 Å². The Kier molecular flexibility index (Phi) is 8.10. The molecular weight excluding hydrogens is 653 g/mol. The van der Waals surface area contributed by atoms with E-state index in [4.69, 9.17) is 4.99 Å². The Morgan fingerprint density at radius 2 is 1.11 bits per heavy atom. The van der Waals surface area contributed by atoms with Crippen molar-refractivity contribution in [2.45, 2.75) is 37.6 Å². The Labute approximate surface area is 318 Å². The summed E-state index contributed by atoms with van der Waals surface area (Å²) in [5.41, 5.74) is 18.0. The van der Waals surface area contributed by atoms with E-state index in [2.05, 4.69) is 160 Å². The molecule has 0 saturated heterocycles. The van der Waals surface area contributed by atoms with E-state index < -0.39 is 5.41 Å². The molecule has 2 aliphatic carbocycles. The summed E-state index contributed by atoms with van der Waals surface area (Å²) in [7, 11) is 0. The summed E-state index contributed by atoms with van der Waals surface area (Å²) in [5.74, 6) is 0. The Balaban J connectivity index is 0.000000496. The van der Waals surface area contributed by atoms with Crippen molar-refractivity contribution in [1.29, 1.82) is 5.26 Å². The van der Waals surface area contributed by atoms with Crippen LogP contribution in [0.25, 0.3) is 27.8 Å². The summed E-state index contributed by atoms with van der Waals surface area (Å²) in [5, 5.41) is 9.33. The third kappa shape index (κ3) is 5.27. The number of nitriles is 1. The molecule has 0 N–H and O–H groups in total. The molecule has 1 atom stereocenters. The standard InChI is InChI=1S/C45H32N2.C7H8/c1-44(2)38-14-5-7-16-40(38)45(41-17-8-6-15-39(41)44)37-13-4-3-12-35(37)36-23-22-33(25-42(36)45)30-18-20-31(21-19-30)43-26-34(28-47-43)32-11-9-10-29(24-32)27-46;1-7-5-3-2-4-6-7/h3-26,28,43H,1-2H3;2-6H,1H3. The lowest BCUT2D eigenvalue weighted by Crippen LogP contribution is -2.40. The van der Waals surface area contributed by atoms with Crippen LogP contribution in [0.2, 0.25) is 0 Å². The molecule has 1 aliphatic heterocycles. The first-order chi connectivity index (χ1) is 26.4. The van der Waals surface area contributed by atoms with Crippen molar-refractivity contribution < 1.29 is 0 Å². The normalized spacial score (nSPS) is 16.2. The minimum atomic E-state index is -0.396. The van der Waals surface area contributed by atoms with Crippen LogP contribution in [0.4, 0.5) is 0 Å². The summed E-state index contributed by atoms with van der Waals surface area (Å²) in [6.45, 7) is 6.82. The topological polar surface area (TPSA) is 36.1 Å². The van der Waals surface area contributed by atoms with E-state index in [-0.39, 0.29) is 11.5 Å². The first kappa shape index (κ1) is 33.3. The van der Waals surface area contributed by atoms with Gasteiger partial charge < -0.3 is 0 Å². The minimum Gasteiger partial charge on any atom is -0.280 e. The van der Waals surface area contributed by atoms with Crippen LogP contribution in [0.5, 0.6) is 0 Å². The highest BCUT2D eigenvalue weighted by Gasteiger charge is 2.53. The molecule has 0 saturated carbocycles. The lowest BCUT2D eigenvalue weighted by molar-refractivity contribution is 0.563. The third-order valence-electron chi connectivity index (χ3n) is 11.6. The zero-order valence-corrected chi connectivity index (χ0v) is 30.8. The largest absolute Gasteiger partial charge is 0.280 e. The molecule has 0 amide bonds. The number of allylic oxidation sites excluding steroid dienone is 1. The van der Waals surface area contributed by atoms with E-state index >= 15 is 0 Å². The molecule has 10 rings (SSSR count). The lowest BCUT2D eigenvalue weighted by atomic mass is 9.55. The van der Waals surface area contributed by atoms with Gasteiger partial charge in [0.2, 0.25) is 0 Å². The first-order valence-corrected chi connectivity index (χ1v) is 18.7. The predicted octanol–water partition coefficient (Wildman–Crippen LogP) is 12.4. The zero-order valence-electron chi connectivity index (χ0n) is 30.8. The summed E-state index contributed by atoms with van der Waals surface area (Å²) >= 11 is 0. The Hall–Kier alpha value is -6.56. The molecule has 7 aromatic rings. The minimum absolute atomic E-state index is 0.0406. The fourth-order valence-electron chi connectivity index (χ4n) is 8.99. The molecule has 0 aromatic heterocycles. The number of aliphatic imine (C=N–C) groups is 1. The molecule has 1 spiro atoms. The van der Waals surface area contributed by atoms with Gasteiger partial charge in [-0.3, -0.25) is 4.99 Å². The van der Waals surface area contributed by atoms with Gasteiger partial charge in [-0.15, -0.1) is 0 Å². The van der Waals surface area contributed by atoms with Crippen molar-refractivity contribution in [3.8, 4) is 28.3 Å². The van der Waals surface area contributed by atoms with Crippen LogP contribution in [0.3, 0.4) is 0 Å². The number of aryl methyl sites for hydroxylation is 1. The van der Waals surface area contributed by atoms with Crippen molar-refractivity contribution in [2.75, 3.05) is 0 Å². The van der Waals surface area contributed by atoms with Gasteiger partial charge >= 0.3 is 0 Å². The summed E-state index contributed by atoms with van der Waals surface area (Å²) < 4.78 is 0. The summed E-state index contributed by atoms with van der Waals surface area (Å²) in [6, 6.07) is 63.3. The molecule has 54 heavy (non-hydrogen) atoms. The van der Waals surface area contributed by atoms with Gasteiger partial charge in [-0.2, -0.15) is 5.26 Å². The zero-order chi connectivity index (χ0) is 36.9. The first-order valence-electron chi connectivity index (χ1n) is 18.7. The van der Waals surface area contributed by atoms with Crippen LogP contribution >= 0.6 is 0 Å². The van der Waals surface area contributed by atoms with Gasteiger partial charge in [0.1, 0.15) is 0 Å². The fraction of sp³-hybridized carbons (Fsp3) is 0.115. The molecule has 3 aliphatic rings. The second kappa shape index (κ2) is 13.1. The molecule has 2 heteroatoms. The maximum atomic E-state index is 9.33. The van der Waals surface area contributed by atoms with Crippen LogP contribution in [-0.2, 0) is 10.8 Å². The highest BCUT2D eigenvalue weighted by Crippen LogP contribution is 2.62. The maximum Gasteiger partial charge on any atom is 0.0991 e. The Morgan fingerprint density at radius 1 is 0.519 bits per heavy atom. The molecular formula is C52H40N2. The van der Waals surface area contributed by atoms with Gasteiger partial charge in [0.25, 0.3) is 0 Å². The van der Waals surface area contributed by atoms with E-state index in [9.17, 15) is 5.26 Å². The van der Waals surface area contributed by atoms with E-state index in [1.807, 2.05) is 48.7 Å². The SMILES string of the molecule is CC1(C)c2ccccc2C2(c3ccccc3-c3ccc(-c4ccc(C5C=C(c6cccc(C#N)c6)C=N5)cc4)cc32)c2ccccc21.Cc1ccccc1. The van der Waals surface area contributed by atoms with Gasteiger partial charge in [0.05, 0.1) is 23.1 Å². The van der Waals surface area contributed by atoms with E-state index in [1.54, 1.807) is 0 Å². The van der Waals surface area contributed by atoms with Crippen LogP contribution in [0, 0.1) is 18.3 Å². The summed E-state index contributed by atoms with van der Waals surface area (Å²) in [4.78, 5) is 4.80. The van der Waals surface area contributed by atoms with Crippen molar-refractivity contribution in [3.05, 3.63) is 232 Å². The Bertz CT molecular complexity index is 2600. The average Bonchev–Trinajstić information content (AvgIpc) is 3.83. The maximum absolute atomic E-state index is 9.33. The molecule has 7 aromatic carbocycles. The van der Waals surface area contributed by atoms with Gasteiger partial charge in [-0.1, -0.05) is 171 Å². The lowest BCUT2D eigenvalue weighted by Gasteiger charge is -2.46. The highest BCUT2D eigenvalue weighted by molar-refractivity contribution is 6.12. The monoisotopic (exact) mass is 692 g/mol. The van der Waals surface area contributed by atoms with Crippen molar-refractivity contribution in [1.82, 2.24) is 0 Å². The van der Waals surface area contributed by atoms with Crippen LogP contribution in [0.15, 0.2) is 181 Å². The number of rotatable bonds is 3. The smallest absolute Gasteiger partial charge is 0.0991 e. The molecule has 1 unspecified atom stereocenters. The second-order valence-electron chi connectivity index (χ2n) is 15.1. The molecule has 0 radical (unpaired) electrons. The van der Waals surface area contributed by atoms with Gasteiger partial charge in [0.15, 0.2) is 0 Å². The third-order valence-corrected chi connectivity index (χ3v) is 11.6. The number of benzene rings is 7. The van der Waals surface area contributed by atoms with E-state index in [1.165, 1.54) is 61.2 Å². The molecule has 0 bridgehead atoms. The molecule has 2 nitrogen and oxygen atoms in total. The van der Waals surface area contributed by atoms with E-state index in [0.717, 1.165) is 16.7 Å². The van der Waals surface area contributed by atoms with Gasteiger partial charge in [-0.05, 0) is 104 Å². The number of fused-ring (bicyclic) bond motifs is 9. The van der Waals surface area contributed by atoms with Crippen molar-refractivity contribution in [3.63, 3.8) is 0 Å². The number of hydrogen-bond donors (Lipinski definition) is 0. The van der Waals surface area contributed by atoms with E-state index in [0.29, 0.717) is 5.56 Å². The Morgan fingerprint density at radius 3 is 1.76 bits per heavy atom. The molecule has 258 valence electrons. The number of hydrogen-bond acceptors (Lipinski definition) is 2. The van der Waals surface area contributed by atoms with Gasteiger partial charge in [0, 0.05) is 11.6 Å². The molecule has 0 fully saturated rings. The number of nitrogens with zero attached hydrogens (tertiary/aromatic N) is 2. The quantitative estimate of drug-likeness (QED) is 0.182. The summed E-state index contributed by atoms with van der Waals surface area (Å²) in [6.07, 6.45) is 4.11. The highest BCUT2D eigenvalue weighted by atomic mass is 14.8. The van der Waals surface area contributed by atoms with Crippen LogP contribution < -0.4 is 0 Å². The van der Waals surface area contributed by atoms with Crippen LogP contribution in [-0.4, -0.2) is 6.21 Å². The van der Waals surface area contributed by atoms with Crippen molar-refractivity contribution in [2.24, 2.45) is 4.99 Å².